The van der Waals surface area contributed by atoms with Gasteiger partial charge >= 0.3 is 5.69 Å². The first kappa shape index (κ1) is 23.6. The van der Waals surface area contributed by atoms with Gasteiger partial charge in [0.1, 0.15) is 16.2 Å². The predicted octanol–water partition coefficient (Wildman–Crippen LogP) is 1.91. The molecule has 1 aromatic carbocycles. The van der Waals surface area contributed by atoms with Crippen LogP contribution in [0.5, 0.6) is 0 Å². The average molecular weight is 485 g/mol. The first-order chi connectivity index (χ1) is 15.9. The van der Waals surface area contributed by atoms with Gasteiger partial charge in [-0.25, -0.2) is 14.8 Å². The van der Waals surface area contributed by atoms with Crippen LogP contribution in [0.3, 0.4) is 0 Å². The van der Waals surface area contributed by atoms with Crippen LogP contribution in [0.2, 0.25) is 0 Å². The van der Waals surface area contributed by atoms with E-state index in [-0.39, 0.29) is 28.4 Å². The van der Waals surface area contributed by atoms with Gasteiger partial charge in [0.25, 0.3) is 11.2 Å². The molecular formula is C22H24N6O5S. The third kappa shape index (κ3) is 3.98. The molecule has 0 N–H and O–H groups in total. The number of anilines is 1. The number of nitro benzene ring substituents is 1. The Hall–Kier alpha value is -3.54. The molecule has 0 spiro atoms. The molecule has 3 heterocycles. The largest absolute Gasteiger partial charge is 0.332 e. The number of amides is 1. The molecule has 3 aromatic rings. The molecular weight excluding hydrogens is 460 g/mol. The molecule has 1 aliphatic heterocycles. The minimum Gasteiger partial charge on any atom is -0.311 e. The first-order valence-electron chi connectivity index (χ1n) is 10.6. The highest BCUT2D eigenvalue weighted by Gasteiger charge is 2.28. The molecule has 0 aliphatic carbocycles. The van der Waals surface area contributed by atoms with Crippen molar-refractivity contribution >= 4 is 40.1 Å². The fraction of sp³-hybridized carbons (Fsp3) is 0.409. The van der Waals surface area contributed by atoms with Crippen molar-refractivity contribution in [1.29, 1.82) is 0 Å². The summed E-state index contributed by atoms with van der Waals surface area (Å²) in [4.78, 5) is 59.7. The number of nitro groups is 1. The van der Waals surface area contributed by atoms with Crippen molar-refractivity contribution in [2.45, 2.75) is 37.6 Å². The predicted molar refractivity (Wildman–Crippen MR) is 129 cm³/mol. The van der Waals surface area contributed by atoms with Gasteiger partial charge in [-0.15, -0.1) is 0 Å². The van der Waals surface area contributed by atoms with Crippen molar-refractivity contribution < 1.29 is 9.72 Å². The summed E-state index contributed by atoms with van der Waals surface area (Å²) in [5, 5.41) is 11.6. The van der Waals surface area contributed by atoms with E-state index < -0.39 is 21.6 Å². The minimum absolute atomic E-state index is 0.00187. The van der Waals surface area contributed by atoms with Crippen LogP contribution in [0.25, 0.3) is 11.0 Å². The lowest BCUT2D eigenvalue weighted by Gasteiger charge is -2.20. The van der Waals surface area contributed by atoms with Crippen molar-refractivity contribution in [3.05, 3.63) is 60.5 Å². The van der Waals surface area contributed by atoms with Crippen LogP contribution in [0.15, 0.2) is 32.8 Å². The molecule has 178 valence electrons. The zero-order valence-corrected chi connectivity index (χ0v) is 20.3. The highest BCUT2D eigenvalue weighted by Crippen LogP contribution is 2.33. The third-order valence-electron chi connectivity index (χ3n) is 5.74. The Balaban J connectivity index is 1.71. The van der Waals surface area contributed by atoms with Gasteiger partial charge in [-0.05, 0) is 18.1 Å². The minimum atomic E-state index is -0.521. The maximum absolute atomic E-state index is 13.1. The summed E-state index contributed by atoms with van der Waals surface area (Å²) < 4.78 is 2.31. The van der Waals surface area contributed by atoms with Gasteiger partial charge in [-0.3, -0.25) is 28.8 Å². The zero-order valence-electron chi connectivity index (χ0n) is 19.5. The summed E-state index contributed by atoms with van der Waals surface area (Å²) in [5.41, 5.74) is 0.148. The first-order valence-corrected chi connectivity index (χ1v) is 11.6. The van der Waals surface area contributed by atoms with E-state index in [0.717, 1.165) is 21.9 Å². The SMILES string of the molecule is Cn1c(=O)c2c(SCC(=O)N3CCc4cc([N+](=O)[O-])ccc43)nc(C(C)(C)C)nc2n(C)c1=O. The van der Waals surface area contributed by atoms with Crippen LogP contribution in [0, 0.1) is 10.1 Å². The van der Waals surface area contributed by atoms with E-state index in [1.165, 1.54) is 23.7 Å². The maximum Gasteiger partial charge on any atom is 0.332 e. The second-order valence-corrected chi connectivity index (χ2v) is 10.1. The van der Waals surface area contributed by atoms with Crippen LogP contribution in [-0.4, -0.2) is 42.2 Å². The number of carbonyl (C=O) groups is 1. The summed E-state index contributed by atoms with van der Waals surface area (Å²) in [6.07, 6.45) is 0.528. The molecule has 34 heavy (non-hydrogen) atoms. The summed E-state index contributed by atoms with van der Waals surface area (Å²) in [7, 11) is 2.94. The van der Waals surface area contributed by atoms with Crippen molar-refractivity contribution in [2.75, 3.05) is 17.2 Å². The summed E-state index contributed by atoms with van der Waals surface area (Å²) >= 11 is 1.12. The van der Waals surface area contributed by atoms with E-state index >= 15 is 0 Å². The van der Waals surface area contributed by atoms with E-state index in [1.807, 2.05) is 20.8 Å². The number of non-ortho nitro benzene ring substituents is 1. The van der Waals surface area contributed by atoms with Crippen molar-refractivity contribution in [3.63, 3.8) is 0 Å². The van der Waals surface area contributed by atoms with Crippen LogP contribution < -0.4 is 16.1 Å². The molecule has 0 unspecified atom stereocenters. The van der Waals surface area contributed by atoms with Crippen LogP contribution in [-0.2, 0) is 30.7 Å². The lowest BCUT2D eigenvalue weighted by atomic mass is 9.96. The van der Waals surface area contributed by atoms with E-state index in [9.17, 15) is 24.5 Å². The number of benzene rings is 1. The Morgan fingerprint density at radius 3 is 2.53 bits per heavy atom. The number of hydrogen-bond acceptors (Lipinski definition) is 8. The Morgan fingerprint density at radius 1 is 1.18 bits per heavy atom. The molecule has 0 saturated heterocycles. The van der Waals surface area contributed by atoms with Crippen LogP contribution in [0.4, 0.5) is 11.4 Å². The standard InChI is InChI=1S/C22H24N6O5S/c1-22(2,3)20-23-17-16(19(30)26(5)21(31)25(17)4)18(24-20)34-11-15(29)27-9-8-12-10-13(28(32)33)6-7-14(12)27/h6-7,10H,8-9,11H2,1-5H3. The zero-order chi connectivity index (χ0) is 24.9. The Kier molecular flexibility index (Phi) is 5.80. The number of aromatic nitrogens is 4. The number of nitrogens with zero attached hydrogens (tertiary/aromatic N) is 6. The monoisotopic (exact) mass is 484 g/mol. The second kappa shape index (κ2) is 8.35. The normalized spacial score (nSPS) is 13.4. The van der Waals surface area contributed by atoms with Gasteiger partial charge in [0.05, 0.1) is 10.7 Å². The van der Waals surface area contributed by atoms with E-state index in [4.69, 9.17) is 0 Å². The van der Waals surface area contributed by atoms with Crippen molar-refractivity contribution in [1.82, 2.24) is 19.1 Å². The van der Waals surface area contributed by atoms with Gasteiger partial charge in [-0.2, -0.15) is 0 Å². The summed E-state index contributed by atoms with van der Waals surface area (Å²) in [6.45, 7) is 6.19. The molecule has 0 bridgehead atoms. The number of carbonyl (C=O) groups excluding carboxylic acids is 1. The fourth-order valence-corrected chi connectivity index (χ4v) is 4.73. The number of rotatable bonds is 4. The average Bonchev–Trinajstić information content (AvgIpc) is 3.21. The van der Waals surface area contributed by atoms with E-state index in [2.05, 4.69) is 9.97 Å². The Morgan fingerprint density at radius 2 is 1.88 bits per heavy atom. The highest BCUT2D eigenvalue weighted by molar-refractivity contribution is 8.00. The maximum atomic E-state index is 13.1. The van der Waals surface area contributed by atoms with Crippen LogP contribution in [0.1, 0.15) is 32.2 Å². The quantitative estimate of drug-likeness (QED) is 0.237. The molecule has 0 radical (unpaired) electrons. The third-order valence-corrected chi connectivity index (χ3v) is 6.70. The van der Waals surface area contributed by atoms with Gasteiger partial charge in [0.15, 0.2) is 5.65 Å². The van der Waals surface area contributed by atoms with Crippen molar-refractivity contribution in [2.24, 2.45) is 14.1 Å². The number of fused-ring (bicyclic) bond motifs is 2. The van der Waals surface area contributed by atoms with Gasteiger partial charge < -0.3 is 4.90 Å². The summed E-state index contributed by atoms with van der Waals surface area (Å²) in [6, 6.07) is 4.47. The molecule has 0 fully saturated rings. The topological polar surface area (TPSA) is 133 Å². The molecule has 4 rings (SSSR count). The molecule has 0 atom stereocenters. The summed E-state index contributed by atoms with van der Waals surface area (Å²) in [5.74, 6) is 0.248. The lowest BCUT2D eigenvalue weighted by molar-refractivity contribution is -0.384. The Bertz CT molecular complexity index is 1470. The lowest BCUT2D eigenvalue weighted by Crippen LogP contribution is -2.38. The molecule has 12 heteroatoms. The molecule has 11 nitrogen and oxygen atoms in total. The van der Waals surface area contributed by atoms with Gasteiger partial charge in [0.2, 0.25) is 5.91 Å². The van der Waals surface area contributed by atoms with Gasteiger partial charge in [0, 0.05) is 43.9 Å². The molecule has 0 saturated carbocycles. The number of thioether (sulfide) groups is 1. The molecule has 2 aromatic heterocycles. The smallest absolute Gasteiger partial charge is 0.311 e. The van der Waals surface area contributed by atoms with Gasteiger partial charge in [-0.1, -0.05) is 32.5 Å². The van der Waals surface area contributed by atoms with Crippen molar-refractivity contribution in [3.8, 4) is 0 Å². The second-order valence-electron chi connectivity index (χ2n) is 9.16. The molecule has 1 aliphatic rings. The Labute approximate surface area is 198 Å². The number of hydrogen-bond donors (Lipinski definition) is 0. The van der Waals surface area contributed by atoms with E-state index in [1.54, 1.807) is 18.0 Å². The number of aryl methyl sites for hydroxylation is 1. The van der Waals surface area contributed by atoms with E-state index in [0.29, 0.717) is 29.5 Å². The highest BCUT2D eigenvalue weighted by atomic mass is 32.2. The van der Waals surface area contributed by atoms with Crippen LogP contribution >= 0.6 is 11.8 Å². The fourth-order valence-electron chi connectivity index (χ4n) is 3.84. The molecule has 1 amide bonds.